The fourth-order valence-corrected chi connectivity index (χ4v) is 1.11. The van der Waals surface area contributed by atoms with E-state index in [2.05, 4.69) is 5.16 Å². The second-order valence-electron chi connectivity index (χ2n) is 3.68. The predicted octanol–water partition coefficient (Wildman–Crippen LogP) is 2.69. The van der Waals surface area contributed by atoms with Gasteiger partial charge in [-0.2, -0.15) is 0 Å². The molecule has 0 aliphatic carbocycles. The molecule has 1 N–H and O–H groups in total. The first-order valence-electron chi connectivity index (χ1n) is 4.54. The molecule has 0 fully saturated rings. The maximum absolute atomic E-state index is 8.31. The van der Waals surface area contributed by atoms with Gasteiger partial charge in [-0.25, -0.2) is 0 Å². The second kappa shape index (κ2) is 4.65. The van der Waals surface area contributed by atoms with Gasteiger partial charge in [-0.3, -0.25) is 0 Å². The summed E-state index contributed by atoms with van der Waals surface area (Å²) in [6.07, 6.45) is 2.00. The molecule has 14 heavy (non-hydrogen) atoms. The Bertz CT molecular complexity index is 293. The molecule has 76 valence electrons. The standard InChI is InChI=1S/C11H15NO2/c1-11(2,8-9-12-13)14-10-6-4-3-5-7-10/h3-7,9,13H,8H2,1-2H3. The van der Waals surface area contributed by atoms with E-state index < -0.39 is 0 Å². The van der Waals surface area contributed by atoms with E-state index in [0.29, 0.717) is 6.42 Å². The summed E-state index contributed by atoms with van der Waals surface area (Å²) in [5.41, 5.74) is -0.354. The molecule has 3 nitrogen and oxygen atoms in total. The molecule has 1 aromatic carbocycles. The lowest BCUT2D eigenvalue weighted by Crippen LogP contribution is -2.28. The van der Waals surface area contributed by atoms with Crippen molar-refractivity contribution in [2.24, 2.45) is 5.16 Å². The van der Waals surface area contributed by atoms with Crippen molar-refractivity contribution in [3.8, 4) is 5.75 Å². The average Bonchev–Trinajstić information content (AvgIpc) is 2.16. The Balaban J connectivity index is 2.59. The van der Waals surface area contributed by atoms with E-state index in [0.717, 1.165) is 5.75 Å². The van der Waals surface area contributed by atoms with Crippen LogP contribution < -0.4 is 4.74 Å². The van der Waals surface area contributed by atoms with E-state index in [4.69, 9.17) is 9.94 Å². The normalized spacial score (nSPS) is 11.9. The maximum atomic E-state index is 8.31. The van der Waals surface area contributed by atoms with Crippen LogP contribution in [0.3, 0.4) is 0 Å². The number of nitrogens with zero attached hydrogens (tertiary/aromatic N) is 1. The molecule has 0 unspecified atom stereocenters. The molecule has 0 aliphatic heterocycles. The SMILES string of the molecule is CC(C)(CC=NO)Oc1ccccc1. The Kier molecular flexibility index (Phi) is 3.51. The summed E-state index contributed by atoms with van der Waals surface area (Å²) in [5.74, 6) is 0.823. The summed E-state index contributed by atoms with van der Waals surface area (Å²) in [6, 6.07) is 9.59. The molecule has 3 heteroatoms. The van der Waals surface area contributed by atoms with Crippen LogP contribution in [-0.2, 0) is 0 Å². The lowest BCUT2D eigenvalue weighted by molar-refractivity contribution is 0.118. The van der Waals surface area contributed by atoms with Crippen LogP contribution in [0.15, 0.2) is 35.5 Å². The van der Waals surface area contributed by atoms with Crippen molar-refractivity contribution in [1.29, 1.82) is 0 Å². The van der Waals surface area contributed by atoms with E-state index in [1.807, 2.05) is 44.2 Å². The van der Waals surface area contributed by atoms with Gasteiger partial charge >= 0.3 is 0 Å². The fraction of sp³-hybridized carbons (Fsp3) is 0.364. The summed E-state index contributed by atoms with van der Waals surface area (Å²) in [4.78, 5) is 0. The molecule has 0 heterocycles. The summed E-state index contributed by atoms with van der Waals surface area (Å²) in [5, 5.41) is 11.3. The molecular formula is C11H15NO2. The smallest absolute Gasteiger partial charge is 0.120 e. The van der Waals surface area contributed by atoms with E-state index in [1.165, 1.54) is 6.21 Å². The molecule has 0 amide bonds. The first kappa shape index (κ1) is 10.6. The van der Waals surface area contributed by atoms with E-state index in [1.54, 1.807) is 0 Å². The monoisotopic (exact) mass is 193 g/mol. The van der Waals surface area contributed by atoms with Gasteiger partial charge in [0.2, 0.25) is 0 Å². The molecule has 0 radical (unpaired) electrons. The van der Waals surface area contributed by atoms with Gasteiger partial charge < -0.3 is 9.94 Å². The van der Waals surface area contributed by atoms with E-state index in [-0.39, 0.29) is 5.60 Å². The number of ether oxygens (including phenoxy) is 1. The lowest BCUT2D eigenvalue weighted by atomic mass is 10.1. The van der Waals surface area contributed by atoms with Gasteiger partial charge in [0.15, 0.2) is 0 Å². The molecule has 0 aromatic heterocycles. The Morgan fingerprint density at radius 2 is 2.00 bits per heavy atom. The van der Waals surface area contributed by atoms with Crippen molar-refractivity contribution in [2.45, 2.75) is 25.9 Å². The summed E-state index contributed by atoms with van der Waals surface area (Å²) in [7, 11) is 0. The van der Waals surface area contributed by atoms with Gasteiger partial charge in [-0.15, -0.1) is 5.16 Å². The summed E-state index contributed by atoms with van der Waals surface area (Å²) in [6.45, 7) is 3.89. The van der Waals surface area contributed by atoms with Crippen molar-refractivity contribution in [2.75, 3.05) is 0 Å². The molecular weight excluding hydrogens is 178 g/mol. The molecule has 1 aromatic rings. The van der Waals surface area contributed by atoms with E-state index in [9.17, 15) is 0 Å². The highest BCUT2D eigenvalue weighted by atomic mass is 16.5. The topological polar surface area (TPSA) is 41.8 Å². The zero-order chi connectivity index (χ0) is 10.4. The Labute approximate surface area is 84.0 Å². The largest absolute Gasteiger partial charge is 0.487 e. The van der Waals surface area contributed by atoms with Crippen LogP contribution in [0, 0.1) is 0 Å². The molecule has 1 rings (SSSR count). The molecule has 0 saturated carbocycles. The highest BCUT2D eigenvalue weighted by Gasteiger charge is 2.18. The van der Waals surface area contributed by atoms with Gasteiger partial charge in [-0.1, -0.05) is 18.2 Å². The second-order valence-corrected chi connectivity index (χ2v) is 3.68. The third-order valence-corrected chi connectivity index (χ3v) is 1.80. The number of oxime groups is 1. The average molecular weight is 193 g/mol. The van der Waals surface area contributed by atoms with Crippen LogP contribution in [0.25, 0.3) is 0 Å². The van der Waals surface area contributed by atoms with Gasteiger partial charge in [0.1, 0.15) is 11.4 Å². The van der Waals surface area contributed by atoms with Crippen molar-refractivity contribution in [1.82, 2.24) is 0 Å². The number of para-hydroxylation sites is 1. The Morgan fingerprint density at radius 3 is 2.57 bits per heavy atom. The minimum Gasteiger partial charge on any atom is -0.487 e. The summed E-state index contributed by atoms with van der Waals surface area (Å²) < 4.78 is 5.70. The minimum absolute atomic E-state index is 0.354. The fourth-order valence-electron chi connectivity index (χ4n) is 1.11. The molecule has 0 spiro atoms. The highest BCUT2D eigenvalue weighted by Crippen LogP contribution is 2.19. The number of hydrogen-bond acceptors (Lipinski definition) is 3. The quantitative estimate of drug-likeness (QED) is 0.454. The van der Waals surface area contributed by atoms with Gasteiger partial charge in [0.25, 0.3) is 0 Å². The highest BCUT2D eigenvalue weighted by molar-refractivity contribution is 5.57. The van der Waals surface area contributed by atoms with Crippen LogP contribution in [0.5, 0.6) is 5.75 Å². The number of rotatable bonds is 4. The third-order valence-electron chi connectivity index (χ3n) is 1.80. The first-order chi connectivity index (χ1) is 6.64. The van der Waals surface area contributed by atoms with Gasteiger partial charge in [-0.05, 0) is 26.0 Å². The third kappa shape index (κ3) is 3.47. The lowest BCUT2D eigenvalue weighted by Gasteiger charge is -2.24. The van der Waals surface area contributed by atoms with Crippen LogP contribution >= 0.6 is 0 Å². The van der Waals surface area contributed by atoms with Gasteiger partial charge in [0, 0.05) is 12.6 Å². The predicted molar refractivity (Wildman–Crippen MR) is 56.0 cm³/mol. The molecule has 0 bridgehead atoms. The first-order valence-corrected chi connectivity index (χ1v) is 4.54. The van der Waals surface area contributed by atoms with Crippen LogP contribution in [0.4, 0.5) is 0 Å². The zero-order valence-corrected chi connectivity index (χ0v) is 8.47. The van der Waals surface area contributed by atoms with Gasteiger partial charge in [0.05, 0.1) is 0 Å². The maximum Gasteiger partial charge on any atom is 0.120 e. The molecule has 0 atom stereocenters. The van der Waals surface area contributed by atoms with E-state index >= 15 is 0 Å². The Hall–Kier alpha value is -1.51. The van der Waals surface area contributed by atoms with Crippen molar-refractivity contribution >= 4 is 6.21 Å². The molecule has 0 saturated heterocycles. The molecule has 0 aliphatic rings. The zero-order valence-electron chi connectivity index (χ0n) is 8.47. The number of benzene rings is 1. The van der Waals surface area contributed by atoms with Crippen molar-refractivity contribution in [3.63, 3.8) is 0 Å². The summed E-state index contributed by atoms with van der Waals surface area (Å²) >= 11 is 0. The Morgan fingerprint density at radius 1 is 1.36 bits per heavy atom. The van der Waals surface area contributed by atoms with Crippen LogP contribution in [0.2, 0.25) is 0 Å². The van der Waals surface area contributed by atoms with Crippen molar-refractivity contribution in [3.05, 3.63) is 30.3 Å². The minimum atomic E-state index is -0.354. The van der Waals surface area contributed by atoms with Crippen LogP contribution in [0.1, 0.15) is 20.3 Å². The van der Waals surface area contributed by atoms with Crippen LogP contribution in [-0.4, -0.2) is 17.0 Å². The number of hydrogen-bond donors (Lipinski definition) is 1. The van der Waals surface area contributed by atoms with Crippen molar-refractivity contribution < 1.29 is 9.94 Å².